The lowest BCUT2D eigenvalue weighted by Gasteiger charge is -2.16. The molecule has 0 aliphatic rings. The molecule has 0 amide bonds. The lowest BCUT2D eigenvalue weighted by molar-refractivity contribution is 0.377. The van der Waals surface area contributed by atoms with E-state index in [0.29, 0.717) is 5.75 Å². The SMILES string of the molecule is COc1c(O)cc(CCN(C)C)c2ccc3ccccc3c12. The van der Waals surface area contributed by atoms with Gasteiger partial charge >= 0.3 is 0 Å². The maximum absolute atomic E-state index is 10.4. The number of rotatable bonds is 4. The third-order valence-corrected chi connectivity index (χ3v) is 4.08. The van der Waals surface area contributed by atoms with E-state index in [9.17, 15) is 5.11 Å². The van der Waals surface area contributed by atoms with Crippen LogP contribution in [-0.4, -0.2) is 37.8 Å². The molecule has 0 radical (unpaired) electrons. The number of hydrogen-bond acceptors (Lipinski definition) is 3. The van der Waals surface area contributed by atoms with E-state index in [0.717, 1.165) is 40.1 Å². The molecule has 0 bridgehead atoms. The molecular weight excluding hydrogens is 274 g/mol. The number of ether oxygens (including phenoxy) is 1. The summed E-state index contributed by atoms with van der Waals surface area (Å²) in [5, 5.41) is 14.8. The van der Waals surface area contributed by atoms with E-state index >= 15 is 0 Å². The van der Waals surface area contributed by atoms with Crippen molar-refractivity contribution >= 4 is 21.5 Å². The number of likely N-dealkylation sites (N-methyl/N-ethyl adjacent to an activating group) is 1. The van der Waals surface area contributed by atoms with E-state index in [-0.39, 0.29) is 5.75 Å². The summed E-state index contributed by atoms with van der Waals surface area (Å²) in [7, 11) is 5.72. The van der Waals surface area contributed by atoms with Crippen LogP contribution in [0.25, 0.3) is 21.5 Å². The Morgan fingerprint density at radius 2 is 1.82 bits per heavy atom. The van der Waals surface area contributed by atoms with Crippen LogP contribution in [0.5, 0.6) is 11.5 Å². The molecule has 0 unspecified atom stereocenters. The van der Waals surface area contributed by atoms with Gasteiger partial charge in [-0.3, -0.25) is 0 Å². The Balaban J connectivity index is 2.33. The van der Waals surface area contributed by atoms with Gasteiger partial charge in [-0.15, -0.1) is 0 Å². The molecule has 3 rings (SSSR count). The van der Waals surface area contributed by atoms with Gasteiger partial charge in [0.1, 0.15) is 0 Å². The highest BCUT2D eigenvalue weighted by Gasteiger charge is 2.15. The molecule has 3 nitrogen and oxygen atoms in total. The van der Waals surface area contributed by atoms with Crippen molar-refractivity contribution in [1.29, 1.82) is 0 Å². The van der Waals surface area contributed by atoms with Crippen molar-refractivity contribution in [3.05, 3.63) is 48.0 Å². The van der Waals surface area contributed by atoms with Crippen LogP contribution >= 0.6 is 0 Å². The van der Waals surface area contributed by atoms with Crippen LogP contribution in [-0.2, 0) is 6.42 Å². The van der Waals surface area contributed by atoms with E-state index in [1.165, 1.54) is 0 Å². The standard InChI is InChI=1S/C19H21NO2/c1-20(2)11-10-14-12-17(21)19(22-3)18-15-7-5-4-6-13(15)8-9-16(14)18/h4-9,12,21H,10-11H2,1-3H3. The van der Waals surface area contributed by atoms with Crippen molar-refractivity contribution in [2.24, 2.45) is 0 Å². The maximum atomic E-state index is 10.4. The van der Waals surface area contributed by atoms with Gasteiger partial charge in [-0.1, -0.05) is 36.4 Å². The molecule has 0 atom stereocenters. The predicted octanol–water partition coefficient (Wildman–Crippen LogP) is 3.81. The number of phenols is 1. The summed E-state index contributed by atoms with van der Waals surface area (Å²) in [5.74, 6) is 0.764. The van der Waals surface area contributed by atoms with Crippen molar-refractivity contribution in [3.63, 3.8) is 0 Å². The fourth-order valence-electron chi connectivity index (χ4n) is 2.98. The third kappa shape index (κ3) is 2.48. The summed E-state index contributed by atoms with van der Waals surface area (Å²) in [6.45, 7) is 0.938. The molecule has 0 fully saturated rings. The van der Waals surface area contributed by atoms with E-state index in [2.05, 4.69) is 43.3 Å². The minimum Gasteiger partial charge on any atom is -0.504 e. The van der Waals surface area contributed by atoms with Crippen LogP contribution in [0.1, 0.15) is 5.56 Å². The molecule has 3 heteroatoms. The minimum atomic E-state index is 0.208. The Morgan fingerprint density at radius 3 is 2.55 bits per heavy atom. The first-order valence-electron chi connectivity index (χ1n) is 7.47. The maximum Gasteiger partial charge on any atom is 0.168 e. The molecule has 3 aromatic rings. The average Bonchev–Trinajstić information content (AvgIpc) is 2.52. The molecule has 0 heterocycles. The van der Waals surface area contributed by atoms with Crippen molar-refractivity contribution in [3.8, 4) is 11.5 Å². The zero-order valence-corrected chi connectivity index (χ0v) is 13.3. The smallest absolute Gasteiger partial charge is 0.168 e. The second-order valence-electron chi connectivity index (χ2n) is 5.85. The van der Waals surface area contributed by atoms with Crippen LogP contribution in [0.2, 0.25) is 0 Å². The van der Waals surface area contributed by atoms with Gasteiger partial charge in [0, 0.05) is 11.9 Å². The molecule has 0 aliphatic heterocycles. The lowest BCUT2D eigenvalue weighted by Crippen LogP contribution is -2.15. The first kappa shape index (κ1) is 14.7. The van der Waals surface area contributed by atoms with Gasteiger partial charge in [-0.2, -0.15) is 0 Å². The van der Waals surface area contributed by atoms with Crippen LogP contribution < -0.4 is 4.74 Å². The van der Waals surface area contributed by atoms with Crippen molar-refractivity contribution in [1.82, 2.24) is 4.90 Å². The van der Waals surface area contributed by atoms with Crippen LogP contribution in [0.3, 0.4) is 0 Å². The summed E-state index contributed by atoms with van der Waals surface area (Å²) in [6, 6.07) is 14.3. The number of methoxy groups -OCH3 is 1. The second kappa shape index (κ2) is 5.85. The molecule has 22 heavy (non-hydrogen) atoms. The molecule has 114 valence electrons. The highest BCUT2D eigenvalue weighted by molar-refractivity contribution is 6.12. The van der Waals surface area contributed by atoms with E-state index in [1.54, 1.807) is 7.11 Å². The Labute approximate surface area is 130 Å². The normalized spacial score (nSPS) is 11.5. The summed E-state index contributed by atoms with van der Waals surface area (Å²) in [5.41, 5.74) is 1.15. The van der Waals surface area contributed by atoms with E-state index in [1.807, 2.05) is 18.2 Å². The Kier molecular flexibility index (Phi) is 3.90. The first-order chi connectivity index (χ1) is 10.6. The van der Waals surface area contributed by atoms with Gasteiger partial charge < -0.3 is 14.7 Å². The van der Waals surface area contributed by atoms with Crippen LogP contribution in [0.15, 0.2) is 42.5 Å². The van der Waals surface area contributed by atoms with Crippen molar-refractivity contribution in [2.75, 3.05) is 27.7 Å². The summed E-state index contributed by atoms with van der Waals surface area (Å²) < 4.78 is 5.49. The topological polar surface area (TPSA) is 32.7 Å². The average molecular weight is 295 g/mol. The van der Waals surface area contributed by atoms with E-state index < -0.39 is 0 Å². The molecule has 0 aliphatic carbocycles. The summed E-state index contributed by atoms with van der Waals surface area (Å²) >= 11 is 0. The Bertz CT molecular complexity index is 824. The predicted molar refractivity (Wildman–Crippen MR) is 91.9 cm³/mol. The molecule has 0 spiro atoms. The minimum absolute atomic E-state index is 0.208. The quantitative estimate of drug-likeness (QED) is 0.743. The number of fused-ring (bicyclic) bond motifs is 3. The zero-order chi connectivity index (χ0) is 15.7. The molecule has 0 aromatic heterocycles. The van der Waals surface area contributed by atoms with Crippen molar-refractivity contribution < 1.29 is 9.84 Å². The number of phenolic OH excluding ortho intramolecular Hbond substituents is 1. The first-order valence-corrected chi connectivity index (χ1v) is 7.47. The monoisotopic (exact) mass is 295 g/mol. The highest BCUT2D eigenvalue weighted by atomic mass is 16.5. The van der Waals surface area contributed by atoms with Gasteiger partial charge in [0.2, 0.25) is 0 Å². The van der Waals surface area contributed by atoms with Gasteiger partial charge in [0.05, 0.1) is 7.11 Å². The van der Waals surface area contributed by atoms with Crippen LogP contribution in [0.4, 0.5) is 0 Å². The second-order valence-corrected chi connectivity index (χ2v) is 5.85. The molecule has 0 saturated heterocycles. The summed E-state index contributed by atoms with van der Waals surface area (Å²) in [4.78, 5) is 2.15. The highest BCUT2D eigenvalue weighted by Crippen LogP contribution is 2.41. The number of nitrogens with zero attached hydrogens (tertiary/aromatic N) is 1. The zero-order valence-electron chi connectivity index (χ0n) is 13.3. The largest absolute Gasteiger partial charge is 0.504 e. The number of hydrogen-bond donors (Lipinski definition) is 1. The van der Waals surface area contributed by atoms with Gasteiger partial charge in [-0.25, -0.2) is 0 Å². The molecule has 3 aromatic carbocycles. The molecule has 0 saturated carbocycles. The third-order valence-electron chi connectivity index (χ3n) is 4.08. The number of aromatic hydroxyl groups is 1. The fourth-order valence-corrected chi connectivity index (χ4v) is 2.98. The molecule has 1 N–H and O–H groups in total. The lowest BCUT2D eigenvalue weighted by atomic mass is 9.95. The fraction of sp³-hybridized carbons (Fsp3) is 0.263. The van der Waals surface area contributed by atoms with E-state index in [4.69, 9.17) is 4.74 Å². The van der Waals surface area contributed by atoms with Crippen molar-refractivity contribution in [2.45, 2.75) is 6.42 Å². The number of benzene rings is 3. The Hall–Kier alpha value is -2.26. The van der Waals surface area contributed by atoms with Crippen LogP contribution in [0, 0.1) is 0 Å². The Morgan fingerprint density at radius 1 is 1.05 bits per heavy atom. The van der Waals surface area contributed by atoms with Gasteiger partial charge in [0.15, 0.2) is 11.5 Å². The molecular formula is C19H21NO2. The summed E-state index contributed by atoms with van der Waals surface area (Å²) in [6.07, 6.45) is 0.888. The van der Waals surface area contributed by atoms with Gasteiger partial charge in [0.25, 0.3) is 0 Å². The van der Waals surface area contributed by atoms with Gasteiger partial charge in [-0.05, 0) is 48.3 Å².